The highest BCUT2D eigenvalue weighted by atomic mass is 35.5. The molecule has 1 aromatic rings. The molecule has 1 aliphatic heterocycles. The molecule has 1 fully saturated rings. The SMILES string of the molecule is Cc1cc(Cl)cc(C)c1OCC(=O)NNC(=O)C[C@@H]1CCS(=O)(=O)C1. The molecule has 25 heavy (non-hydrogen) atoms. The molecule has 1 saturated heterocycles. The monoisotopic (exact) mass is 388 g/mol. The number of carbonyl (C=O) groups is 2. The van der Waals surface area contributed by atoms with E-state index in [1.807, 2.05) is 13.8 Å². The number of hydrogen-bond donors (Lipinski definition) is 2. The first-order valence-corrected chi connectivity index (χ1v) is 10.0. The van der Waals surface area contributed by atoms with Crippen molar-refractivity contribution >= 4 is 33.3 Å². The first-order valence-electron chi connectivity index (χ1n) is 7.84. The molecule has 138 valence electrons. The van der Waals surface area contributed by atoms with Crippen molar-refractivity contribution in [3.63, 3.8) is 0 Å². The number of aryl methyl sites for hydroxylation is 2. The molecule has 0 unspecified atom stereocenters. The minimum atomic E-state index is -3.02. The summed E-state index contributed by atoms with van der Waals surface area (Å²) in [6.45, 7) is 3.38. The second-order valence-corrected chi connectivity index (χ2v) is 8.89. The van der Waals surface area contributed by atoms with Crippen LogP contribution in [-0.4, -0.2) is 38.3 Å². The van der Waals surface area contributed by atoms with Gasteiger partial charge in [-0.05, 0) is 49.4 Å². The van der Waals surface area contributed by atoms with Crippen LogP contribution in [0.2, 0.25) is 5.02 Å². The van der Waals surface area contributed by atoms with E-state index in [9.17, 15) is 18.0 Å². The van der Waals surface area contributed by atoms with Crippen LogP contribution in [0.25, 0.3) is 0 Å². The van der Waals surface area contributed by atoms with Crippen molar-refractivity contribution in [1.29, 1.82) is 0 Å². The van der Waals surface area contributed by atoms with Crippen LogP contribution < -0.4 is 15.6 Å². The molecule has 1 aromatic carbocycles. The van der Waals surface area contributed by atoms with Crippen LogP contribution in [0.1, 0.15) is 24.0 Å². The van der Waals surface area contributed by atoms with Crippen molar-refractivity contribution in [2.24, 2.45) is 5.92 Å². The fourth-order valence-electron chi connectivity index (χ4n) is 2.78. The van der Waals surface area contributed by atoms with Crippen molar-refractivity contribution < 1.29 is 22.7 Å². The van der Waals surface area contributed by atoms with Crippen LogP contribution in [0.3, 0.4) is 0 Å². The number of halogens is 1. The Morgan fingerprint density at radius 3 is 2.36 bits per heavy atom. The molecule has 1 aliphatic rings. The summed E-state index contributed by atoms with van der Waals surface area (Å²) in [5.41, 5.74) is 6.15. The predicted octanol–water partition coefficient (Wildman–Crippen LogP) is 1.31. The molecule has 0 aromatic heterocycles. The fourth-order valence-corrected chi connectivity index (χ4v) is 4.97. The van der Waals surface area contributed by atoms with E-state index < -0.39 is 21.7 Å². The molecule has 2 amide bonds. The highest BCUT2D eigenvalue weighted by molar-refractivity contribution is 7.91. The standard InChI is InChI=1S/C16H21ClN2O5S/c1-10-5-13(17)6-11(2)16(10)24-8-15(21)19-18-14(20)7-12-3-4-25(22,23)9-12/h5-6,12H,3-4,7-9H2,1-2H3,(H,18,20)(H,19,21)/t12-/m0/s1. The largest absolute Gasteiger partial charge is 0.483 e. The van der Waals surface area contributed by atoms with Gasteiger partial charge >= 0.3 is 0 Å². The zero-order valence-electron chi connectivity index (χ0n) is 14.1. The molecular weight excluding hydrogens is 368 g/mol. The van der Waals surface area contributed by atoms with Gasteiger partial charge in [-0.15, -0.1) is 0 Å². The number of hydrazine groups is 1. The first-order chi connectivity index (χ1) is 11.7. The maximum atomic E-state index is 11.8. The van der Waals surface area contributed by atoms with Crippen LogP contribution in [-0.2, 0) is 19.4 Å². The molecule has 0 radical (unpaired) electrons. The molecular formula is C16H21ClN2O5S. The smallest absolute Gasteiger partial charge is 0.276 e. The van der Waals surface area contributed by atoms with Crippen LogP contribution in [0.15, 0.2) is 12.1 Å². The number of nitrogens with one attached hydrogen (secondary N) is 2. The van der Waals surface area contributed by atoms with Crippen LogP contribution >= 0.6 is 11.6 Å². The second kappa shape index (κ2) is 8.05. The van der Waals surface area contributed by atoms with Gasteiger partial charge in [0.15, 0.2) is 16.4 Å². The maximum absolute atomic E-state index is 11.8. The lowest BCUT2D eigenvalue weighted by Crippen LogP contribution is -2.44. The molecule has 1 atom stereocenters. The van der Waals surface area contributed by atoms with Gasteiger partial charge in [0, 0.05) is 11.4 Å². The van der Waals surface area contributed by atoms with E-state index >= 15 is 0 Å². The molecule has 0 saturated carbocycles. The van der Waals surface area contributed by atoms with Gasteiger partial charge in [0.25, 0.3) is 5.91 Å². The van der Waals surface area contributed by atoms with Crippen LogP contribution in [0.4, 0.5) is 0 Å². The van der Waals surface area contributed by atoms with Gasteiger partial charge in [-0.25, -0.2) is 8.42 Å². The quantitative estimate of drug-likeness (QED) is 0.740. The summed E-state index contributed by atoms with van der Waals surface area (Å²) in [6, 6.07) is 3.47. The third-order valence-electron chi connectivity index (χ3n) is 3.91. The summed E-state index contributed by atoms with van der Waals surface area (Å²) in [4.78, 5) is 23.5. The summed E-state index contributed by atoms with van der Waals surface area (Å²) < 4.78 is 28.2. The van der Waals surface area contributed by atoms with Crippen molar-refractivity contribution in [3.8, 4) is 5.75 Å². The highest BCUT2D eigenvalue weighted by Gasteiger charge is 2.29. The van der Waals surface area contributed by atoms with Gasteiger partial charge in [-0.1, -0.05) is 11.6 Å². The molecule has 2 N–H and O–H groups in total. The lowest BCUT2D eigenvalue weighted by Gasteiger charge is -2.13. The Morgan fingerprint density at radius 1 is 1.20 bits per heavy atom. The second-order valence-electron chi connectivity index (χ2n) is 6.23. The molecule has 0 spiro atoms. The van der Waals surface area contributed by atoms with Gasteiger partial charge in [-0.2, -0.15) is 0 Å². The first kappa shape index (κ1) is 19.5. The molecule has 0 bridgehead atoms. The minimum Gasteiger partial charge on any atom is -0.483 e. The number of rotatable bonds is 5. The van der Waals surface area contributed by atoms with Crippen molar-refractivity contribution in [3.05, 3.63) is 28.3 Å². The molecule has 9 heteroatoms. The summed E-state index contributed by atoms with van der Waals surface area (Å²) in [5, 5.41) is 0.591. The lowest BCUT2D eigenvalue weighted by atomic mass is 10.1. The number of ether oxygens (including phenoxy) is 1. The lowest BCUT2D eigenvalue weighted by molar-refractivity contribution is -0.130. The average molecular weight is 389 g/mol. The fraction of sp³-hybridized carbons (Fsp3) is 0.500. The van der Waals surface area contributed by atoms with Crippen molar-refractivity contribution in [1.82, 2.24) is 10.9 Å². The Bertz CT molecular complexity index is 756. The Labute approximate surface area is 152 Å². The van der Waals surface area contributed by atoms with Gasteiger partial charge in [0.2, 0.25) is 5.91 Å². The Balaban J connectivity index is 1.75. The Hall–Kier alpha value is -1.80. The zero-order chi connectivity index (χ0) is 18.6. The third-order valence-corrected chi connectivity index (χ3v) is 5.97. The third kappa shape index (κ3) is 5.89. The number of hydrogen-bond acceptors (Lipinski definition) is 5. The zero-order valence-corrected chi connectivity index (χ0v) is 15.7. The van der Waals surface area contributed by atoms with E-state index in [-0.39, 0.29) is 30.5 Å². The molecule has 0 aliphatic carbocycles. The van der Waals surface area contributed by atoms with Crippen LogP contribution in [0, 0.1) is 19.8 Å². The number of sulfone groups is 1. The predicted molar refractivity (Wildman–Crippen MR) is 94.1 cm³/mol. The number of carbonyl (C=O) groups excluding carboxylic acids is 2. The van der Waals surface area contributed by atoms with E-state index in [4.69, 9.17) is 16.3 Å². The van der Waals surface area contributed by atoms with E-state index in [1.165, 1.54) is 0 Å². The Kier molecular flexibility index (Phi) is 6.29. The average Bonchev–Trinajstić information content (AvgIpc) is 2.82. The summed E-state index contributed by atoms with van der Waals surface area (Å²) in [5.74, 6) is -0.424. The van der Waals surface area contributed by atoms with Crippen LogP contribution in [0.5, 0.6) is 5.75 Å². The number of benzene rings is 1. The van der Waals surface area contributed by atoms with Gasteiger partial charge < -0.3 is 4.74 Å². The van der Waals surface area contributed by atoms with Crippen molar-refractivity contribution in [2.75, 3.05) is 18.1 Å². The van der Waals surface area contributed by atoms with E-state index in [0.29, 0.717) is 17.2 Å². The highest BCUT2D eigenvalue weighted by Crippen LogP contribution is 2.26. The molecule has 2 rings (SSSR count). The molecule has 7 nitrogen and oxygen atoms in total. The van der Waals surface area contributed by atoms with Gasteiger partial charge in [-0.3, -0.25) is 20.4 Å². The van der Waals surface area contributed by atoms with Gasteiger partial charge in [0.1, 0.15) is 5.75 Å². The summed E-state index contributed by atoms with van der Waals surface area (Å²) in [6.07, 6.45) is 0.539. The molecule has 1 heterocycles. The maximum Gasteiger partial charge on any atom is 0.276 e. The summed E-state index contributed by atoms with van der Waals surface area (Å²) in [7, 11) is -3.02. The normalized spacial score (nSPS) is 18.6. The van der Waals surface area contributed by atoms with E-state index in [1.54, 1.807) is 12.1 Å². The topological polar surface area (TPSA) is 102 Å². The Morgan fingerprint density at radius 2 is 1.80 bits per heavy atom. The minimum absolute atomic E-state index is 0.0204. The van der Waals surface area contributed by atoms with E-state index in [2.05, 4.69) is 10.9 Å². The van der Waals surface area contributed by atoms with Gasteiger partial charge in [0.05, 0.1) is 11.5 Å². The van der Waals surface area contributed by atoms with E-state index in [0.717, 1.165) is 11.1 Å². The number of amides is 2. The van der Waals surface area contributed by atoms with Crippen molar-refractivity contribution in [2.45, 2.75) is 26.7 Å². The summed E-state index contributed by atoms with van der Waals surface area (Å²) >= 11 is 5.94.